The molecule has 1 aromatic heterocycles. The maximum atomic E-state index is 12.7. The molecule has 184 valence electrons. The highest BCUT2D eigenvalue weighted by Gasteiger charge is 2.27. The van der Waals surface area contributed by atoms with E-state index in [-0.39, 0.29) is 40.8 Å². The molecule has 10 heteroatoms. The van der Waals surface area contributed by atoms with E-state index < -0.39 is 40.0 Å². The summed E-state index contributed by atoms with van der Waals surface area (Å²) in [5.74, 6) is -4.09. The Labute approximate surface area is 200 Å². The number of rotatable bonds is 10. The van der Waals surface area contributed by atoms with Gasteiger partial charge in [-0.3, -0.25) is 19.7 Å². The summed E-state index contributed by atoms with van der Waals surface area (Å²) in [5.41, 5.74) is 0.853. The third-order valence-electron chi connectivity index (χ3n) is 5.86. The van der Waals surface area contributed by atoms with Gasteiger partial charge in [0.2, 0.25) is 0 Å². The van der Waals surface area contributed by atoms with Gasteiger partial charge in [0.1, 0.15) is 5.52 Å². The number of hydrogen-bond acceptors (Lipinski definition) is 7. The highest BCUT2D eigenvalue weighted by atomic mass is 16.6. The molecule has 0 fully saturated rings. The van der Waals surface area contributed by atoms with Crippen LogP contribution in [0.5, 0.6) is 0 Å². The maximum Gasteiger partial charge on any atom is 0.363 e. The Hall–Kier alpha value is -4.08. The number of carboxylic acid groups (broad SMARTS) is 2. The number of nitro groups is 1. The Bertz CT molecular complexity index is 1360. The fraction of sp³-hybridized carbons (Fsp3) is 0.360. The van der Waals surface area contributed by atoms with Gasteiger partial charge in [-0.25, -0.2) is 9.78 Å². The molecule has 0 saturated heterocycles. The van der Waals surface area contributed by atoms with Crippen LogP contribution in [0.1, 0.15) is 43.9 Å². The van der Waals surface area contributed by atoms with Crippen LogP contribution in [0.15, 0.2) is 39.5 Å². The highest BCUT2D eigenvalue weighted by molar-refractivity contribution is 5.77. The van der Waals surface area contributed by atoms with Crippen molar-refractivity contribution in [2.24, 2.45) is 11.8 Å². The van der Waals surface area contributed by atoms with E-state index in [1.54, 1.807) is 12.1 Å². The molecule has 3 rings (SSSR count). The molecule has 3 aromatic rings. The Morgan fingerprint density at radius 3 is 2.34 bits per heavy atom. The van der Waals surface area contributed by atoms with Gasteiger partial charge in [-0.15, -0.1) is 0 Å². The molecular formula is C25H26N2O8. The average molecular weight is 482 g/mol. The molecule has 2 aromatic carbocycles. The minimum Gasteiger partial charge on any atom is -0.481 e. The van der Waals surface area contributed by atoms with E-state index in [0.717, 1.165) is 18.4 Å². The fourth-order valence-corrected chi connectivity index (χ4v) is 3.92. The smallest absolute Gasteiger partial charge is 0.363 e. The first-order valence-corrected chi connectivity index (χ1v) is 11.2. The number of carboxylic acids is 2. The molecule has 10 nitrogen and oxygen atoms in total. The summed E-state index contributed by atoms with van der Waals surface area (Å²) in [7, 11) is 0. The van der Waals surface area contributed by atoms with Gasteiger partial charge in [-0.05, 0) is 48.6 Å². The minimum absolute atomic E-state index is 0.0920. The molecule has 0 radical (unpaired) electrons. The fourth-order valence-electron chi connectivity index (χ4n) is 3.92. The number of nitro benzene ring substituents is 1. The zero-order valence-electron chi connectivity index (χ0n) is 19.6. The first kappa shape index (κ1) is 25.5. The van der Waals surface area contributed by atoms with Crippen LogP contribution in [0.4, 0.5) is 5.69 Å². The molecule has 1 heterocycles. The van der Waals surface area contributed by atoms with Crippen molar-refractivity contribution in [3.63, 3.8) is 0 Å². The number of benzene rings is 2. The Balaban J connectivity index is 2.25. The number of hydrogen-bond donors (Lipinski definition) is 2. The first-order valence-electron chi connectivity index (χ1n) is 11.2. The molecule has 0 aliphatic rings. The highest BCUT2D eigenvalue weighted by Crippen LogP contribution is 2.33. The van der Waals surface area contributed by atoms with Crippen molar-refractivity contribution in [1.82, 2.24) is 4.98 Å². The van der Waals surface area contributed by atoms with Crippen molar-refractivity contribution >= 4 is 28.7 Å². The van der Waals surface area contributed by atoms with Crippen LogP contribution in [0.25, 0.3) is 22.4 Å². The van der Waals surface area contributed by atoms with Gasteiger partial charge in [-0.1, -0.05) is 33.3 Å². The lowest BCUT2D eigenvalue weighted by atomic mass is 9.88. The Morgan fingerprint density at radius 2 is 1.74 bits per heavy atom. The van der Waals surface area contributed by atoms with Crippen molar-refractivity contribution in [2.75, 3.05) is 0 Å². The van der Waals surface area contributed by atoms with E-state index in [2.05, 4.69) is 4.98 Å². The zero-order valence-corrected chi connectivity index (χ0v) is 19.6. The van der Waals surface area contributed by atoms with Crippen LogP contribution < -0.4 is 5.63 Å². The standard InChI is InChI=1S/C25H26N2O8/c1-4-5-15-6-7-21-19(10-15)26-22(25(32)35-21)17-11-16(8-13(2)23(28)29)18(9-14(3)24(30)31)20(12-17)27(33)34/h6-7,10-14H,4-5,8-9H2,1-3H3,(H,28,29)(H,30,31). The van der Waals surface area contributed by atoms with Crippen LogP contribution in [0.2, 0.25) is 0 Å². The van der Waals surface area contributed by atoms with Gasteiger partial charge in [0.15, 0.2) is 11.3 Å². The third kappa shape index (κ3) is 5.71. The van der Waals surface area contributed by atoms with E-state index >= 15 is 0 Å². The Kier molecular flexibility index (Phi) is 7.63. The molecule has 2 N–H and O–H groups in total. The third-order valence-corrected chi connectivity index (χ3v) is 5.86. The lowest BCUT2D eigenvalue weighted by Gasteiger charge is -2.16. The second-order valence-corrected chi connectivity index (χ2v) is 8.68. The maximum absolute atomic E-state index is 12.7. The summed E-state index contributed by atoms with van der Waals surface area (Å²) >= 11 is 0. The molecule has 35 heavy (non-hydrogen) atoms. The van der Waals surface area contributed by atoms with E-state index in [1.807, 2.05) is 13.0 Å². The van der Waals surface area contributed by atoms with Crippen LogP contribution in [0.3, 0.4) is 0 Å². The van der Waals surface area contributed by atoms with Crippen LogP contribution in [0, 0.1) is 22.0 Å². The molecule has 0 saturated carbocycles. The molecule has 0 aliphatic heterocycles. The Morgan fingerprint density at radius 1 is 1.09 bits per heavy atom. The number of aliphatic carboxylic acids is 2. The lowest BCUT2D eigenvalue weighted by Crippen LogP contribution is -2.18. The van der Waals surface area contributed by atoms with Gasteiger partial charge < -0.3 is 14.6 Å². The molecule has 0 spiro atoms. The topological polar surface area (TPSA) is 161 Å². The average Bonchev–Trinajstić information content (AvgIpc) is 2.79. The summed E-state index contributed by atoms with van der Waals surface area (Å²) in [5, 5.41) is 30.7. The van der Waals surface area contributed by atoms with E-state index in [4.69, 9.17) is 4.42 Å². The van der Waals surface area contributed by atoms with Gasteiger partial charge >= 0.3 is 17.6 Å². The van der Waals surface area contributed by atoms with E-state index in [0.29, 0.717) is 5.52 Å². The first-order chi connectivity index (χ1) is 16.5. The summed E-state index contributed by atoms with van der Waals surface area (Å²) < 4.78 is 5.41. The van der Waals surface area contributed by atoms with Crippen molar-refractivity contribution in [3.8, 4) is 11.3 Å². The van der Waals surface area contributed by atoms with E-state index in [9.17, 15) is 34.7 Å². The van der Waals surface area contributed by atoms with Gasteiger partial charge in [0.05, 0.1) is 16.8 Å². The van der Waals surface area contributed by atoms with Crippen molar-refractivity contribution in [3.05, 3.63) is 67.6 Å². The summed E-state index contributed by atoms with van der Waals surface area (Å²) in [4.78, 5) is 51.4. The van der Waals surface area contributed by atoms with Crippen LogP contribution in [-0.4, -0.2) is 32.1 Å². The predicted molar refractivity (Wildman–Crippen MR) is 127 cm³/mol. The van der Waals surface area contributed by atoms with Crippen molar-refractivity contribution in [2.45, 2.75) is 46.5 Å². The van der Waals surface area contributed by atoms with Crippen LogP contribution >= 0.6 is 0 Å². The van der Waals surface area contributed by atoms with Crippen molar-refractivity contribution in [1.29, 1.82) is 0 Å². The van der Waals surface area contributed by atoms with Gasteiger partial charge in [-0.2, -0.15) is 0 Å². The molecular weight excluding hydrogens is 456 g/mol. The summed E-state index contributed by atoms with van der Waals surface area (Å²) in [6, 6.07) is 7.91. The second-order valence-electron chi connectivity index (χ2n) is 8.68. The van der Waals surface area contributed by atoms with E-state index in [1.165, 1.54) is 26.0 Å². The number of fused-ring (bicyclic) bond motifs is 1. The number of aromatic nitrogens is 1. The number of aryl methyl sites for hydroxylation is 1. The zero-order chi connectivity index (χ0) is 25.9. The number of nitrogens with zero attached hydrogens (tertiary/aromatic N) is 2. The quantitative estimate of drug-likeness (QED) is 0.318. The van der Waals surface area contributed by atoms with Gasteiger partial charge in [0.25, 0.3) is 5.69 Å². The van der Waals surface area contributed by atoms with Gasteiger partial charge in [0, 0.05) is 17.2 Å². The molecule has 2 unspecified atom stereocenters. The normalized spacial score (nSPS) is 12.9. The molecule has 0 aliphatic carbocycles. The SMILES string of the molecule is CCCc1ccc2oc(=O)c(-c3cc(CC(C)C(=O)O)c(CC(C)C(=O)O)c([N+](=O)[O-])c3)nc2c1. The summed E-state index contributed by atoms with van der Waals surface area (Å²) in [6.45, 7) is 4.89. The second kappa shape index (κ2) is 10.5. The van der Waals surface area contributed by atoms with Crippen molar-refractivity contribution < 1.29 is 29.1 Å². The summed E-state index contributed by atoms with van der Waals surface area (Å²) in [6.07, 6.45) is 1.44. The molecule has 0 amide bonds. The minimum atomic E-state index is -1.14. The van der Waals surface area contributed by atoms with Crippen LogP contribution in [-0.2, 0) is 28.9 Å². The molecule has 0 bridgehead atoms. The largest absolute Gasteiger partial charge is 0.481 e. The lowest BCUT2D eigenvalue weighted by molar-refractivity contribution is -0.385. The monoisotopic (exact) mass is 482 g/mol. The molecule has 2 atom stereocenters. The number of carbonyl (C=O) groups is 2. The predicted octanol–water partition coefficient (Wildman–Crippen LogP) is 4.24.